The predicted octanol–water partition coefficient (Wildman–Crippen LogP) is 1.88. The molecule has 94 valence electrons. The Morgan fingerprint density at radius 3 is 2.82 bits per heavy atom. The number of thiophene rings is 1. The van der Waals surface area contributed by atoms with Crippen LogP contribution in [0.3, 0.4) is 0 Å². The molecular weight excluding hydrogens is 232 g/mol. The quantitative estimate of drug-likeness (QED) is 0.889. The van der Waals surface area contributed by atoms with Gasteiger partial charge in [0.15, 0.2) is 0 Å². The van der Waals surface area contributed by atoms with Gasteiger partial charge in [0, 0.05) is 24.4 Å². The average molecular weight is 252 g/mol. The Hall–Kier alpha value is -0.870. The van der Waals surface area contributed by atoms with Gasteiger partial charge < -0.3 is 10.6 Å². The zero-order valence-corrected chi connectivity index (χ0v) is 10.9. The van der Waals surface area contributed by atoms with Crippen LogP contribution < -0.4 is 5.73 Å². The SMILES string of the molecule is NCC1CCN(C(=O)CCc2cccs2)CC1. The lowest BCUT2D eigenvalue weighted by molar-refractivity contribution is -0.132. The summed E-state index contributed by atoms with van der Waals surface area (Å²) in [6.45, 7) is 2.55. The highest BCUT2D eigenvalue weighted by atomic mass is 32.1. The fraction of sp³-hybridized carbons (Fsp3) is 0.615. The molecule has 0 bridgehead atoms. The summed E-state index contributed by atoms with van der Waals surface area (Å²) in [6.07, 6.45) is 3.67. The fourth-order valence-electron chi connectivity index (χ4n) is 2.26. The molecule has 1 fully saturated rings. The van der Waals surface area contributed by atoms with Crippen molar-refractivity contribution >= 4 is 17.2 Å². The highest BCUT2D eigenvalue weighted by Gasteiger charge is 2.21. The number of carbonyl (C=O) groups is 1. The van der Waals surface area contributed by atoms with Crippen LogP contribution in [0.5, 0.6) is 0 Å². The highest BCUT2D eigenvalue weighted by Crippen LogP contribution is 2.17. The Kier molecular flexibility index (Phi) is 4.57. The third kappa shape index (κ3) is 3.54. The first-order valence-corrected chi connectivity index (χ1v) is 7.18. The predicted molar refractivity (Wildman–Crippen MR) is 71.0 cm³/mol. The van der Waals surface area contributed by atoms with Gasteiger partial charge in [-0.05, 0) is 43.2 Å². The van der Waals surface area contributed by atoms with Crippen LogP contribution in [0.15, 0.2) is 17.5 Å². The average Bonchev–Trinajstić information content (AvgIpc) is 2.89. The van der Waals surface area contributed by atoms with Gasteiger partial charge in [-0.3, -0.25) is 4.79 Å². The van der Waals surface area contributed by atoms with Gasteiger partial charge >= 0.3 is 0 Å². The van der Waals surface area contributed by atoms with E-state index in [0.717, 1.165) is 38.9 Å². The second-order valence-corrected chi connectivity index (χ2v) is 5.67. The standard InChI is InChI=1S/C13H20N2OS/c14-10-11-5-7-15(8-6-11)13(16)4-3-12-2-1-9-17-12/h1-2,9,11H,3-8,10,14H2. The number of nitrogens with two attached hydrogens (primary N) is 1. The van der Waals surface area contributed by atoms with E-state index in [1.165, 1.54) is 4.88 Å². The Morgan fingerprint density at radius 1 is 1.47 bits per heavy atom. The van der Waals surface area contributed by atoms with Gasteiger partial charge in [0.1, 0.15) is 0 Å². The molecule has 1 saturated heterocycles. The van der Waals surface area contributed by atoms with Crippen LogP contribution >= 0.6 is 11.3 Å². The van der Waals surface area contributed by atoms with Crippen molar-refractivity contribution in [1.29, 1.82) is 0 Å². The molecule has 0 aromatic carbocycles. The zero-order chi connectivity index (χ0) is 12.1. The van der Waals surface area contributed by atoms with Crippen LogP contribution in [0.2, 0.25) is 0 Å². The lowest BCUT2D eigenvalue weighted by Gasteiger charge is -2.31. The Morgan fingerprint density at radius 2 is 2.24 bits per heavy atom. The van der Waals surface area contributed by atoms with Crippen LogP contribution in [0.25, 0.3) is 0 Å². The fourth-order valence-corrected chi connectivity index (χ4v) is 2.97. The summed E-state index contributed by atoms with van der Waals surface area (Å²) in [6, 6.07) is 4.13. The molecule has 2 N–H and O–H groups in total. The van der Waals surface area contributed by atoms with Crippen molar-refractivity contribution < 1.29 is 4.79 Å². The van der Waals surface area contributed by atoms with Crippen LogP contribution in [0.1, 0.15) is 24.1 Å². The maximum absolute atomic E-state index is 12.0. The topological polar surface area (TPSA) is 46.3 Å². The van der Waals surface area contributed by atoms with E-state index >= 15 is 0 Å². The number of amides is 1. The maximum Gasteiger partial charge on any atom is 0.222 e. The van der Waals surface area contributed by atoms with Gasteiger partial charge in [0.25, 0.3) is 0 Å². The molecule has 3 nitrogen and oxygen atoms in total. The van der Waals surface area contributed by atoms with Crippen molar-refractivity contribution in [3.63, 3.8) is 0 Å². The minimum Gasteiger partial charge on any atom is -0.343 e. The van der Waals surface area contributed by atoms with Crippen molar-refractivity contribution in [1.82, 2.24) is 4.90 Å². The lowest BCUT2D eigenvalue weighted by Crippen LogP contribution is -2.40. The number of piperidine rings is 1. The number of hydrogen-bond donors (Lipinski definition) is 1. The molecule has 1 aromatic heterocycles. The lowest BCUT2D eigenvalue weighted by atomic mass is 9.97. The molecule has 1 aromatic rings. The molecule has 1 aliphatic heterocycles. The van der Waals surface area contributed by atoms with Gasteiger partial charge in [-0.25, -0.2) is 0 Å². The van der Waals surface area contributed by atoms with E-state index in [1.807, 2.05) is 11.0 Å². The van der Waals surface area contributed by atoms with E-state index in [9.17, 15) is 4.79 Å². The molecule has 0 spiro atoms. The summed E-state index contributed by atoms with van der Waals surface area (Å²) in [4.78, 5) is 15.3. The normalized spacial score (nSPS) is 17.4. The Bertz CT molecular complexity index is 342. The summed E-state index contributed by atoms with van der Waals surface area (Å²) < 4.78 is 0. The zero-order valence-electron chi connectivity index (χ0n) is 10.1. The number of rotatable bonds is 4. The molecule has 17 heavy (non-hydrogen) atoms. The third-order valence-electron chi connectivity index (χ3n) is 3.47. The first-order chi connectivity index (χ1) is 8.29. The summed E-state index contributed by atoms with van der Waals surface area (Å²) >= 11 is 1.73. The number of aryl methyl sites for hydroxylation is 1. The molecule has 4 heteroatoms. The van der Waals surface area contributed by atoms with Crippen LogP contribution in [0, 0.1) is 5.92 Å². The van der Waals surface area contributed by atoms with Crippen LogP contribution in [-0.2, 0) is 11.2 Å². The first kappa shape index (κ1) is 12.6. The first-order valence-electron chi connectivity index (χ1n) is 6.30. The largest absolute Gasteiger partial charge is 0.343 e. The van der Waals surface area contributed by atoms with Gasteiger partial charge in [-0.15, -0.1) is 11.3 Å². The minimum atomic E-state index is 0.300. The second kappa shape index (κ2) is 6.17. The monoisotopic (exact) mass is 252 g/mol. The van der Waals surface area contributed by atoms with E-state index in [4.69, 9.17) is 5.73 Å². The van der Waals surface area contributed by atoms with Crippen molar-refractivity contribution in [2.45, 2.75) is 25.7 Å². The van der Waals surface area contributed by atoms with Crippen molar-refractivity contribution in [2.75, 3.05) is 19.6 Å². The van der Waals surface area contributed by atoms with Crippen LogP contribution in [-0.4, -0.2) is 30.4 Å². The molecule has 0 saturated carbocycles. The molecule has 2 heterocycles. The smallest absolute Gasteiger partial charge is 0.222 e. The van der Waals surface area contributed by atoms with Crippen molar-refractivity contribution in [3.05, 3.63) is 22.4 Å². The highest BCUT2D eigenvalue weighted by molar-refractivity contribution is 7.09. The Balaban J connectivity index is 1.73. The summed E-state index contributed by atoms with van der Waals surface area (Å²) in [7, 11) is 0. The number of nitrogens with zero attached hydrogens (tertiary/aromatic N) is 1. The molecule has 0 radical (unpaired) electrons. The Labute approximate surface area is 107 Å². The second-order valence-electron chi connectivity index (χ2n) is 4.64. The third-order valence-corrected chi connectivity index (χ3v) is 4.40. The number of likely N-dealkylation sites (tertiary alicyclic amines) is 1. The maximum atomic E-state index is 12.0. The molecule has 1 amide bonds. The van der Waals surface area contributed by atoms with E-state index in [-0.39, 0.29) is 0 Å². The van der Waals surface area contributed by atoms with E-state index < -0.39 is 0 Å². The van der Waals surface area contributed by atoms with Gasteiger partial charge in [0.2, 0.25) is 5.91 Å². The van der Waals surface area contributed by atoms with E-state index in [0.29, 0.717) is 18.2 Å². The molecule has 0 aliphatic carbocycles. The summed E-state index contributed by atoms with van der Waals surface area (Å²) in [5.41, 5.74) is 5.65. The van der Waals surface area contributed by atoms with Crippen molar-refractivity contribution in [2.24, 2.45) is 11.7 Å². The van der Waals surface area contributed by atoms with Gasteiger partial charge in [-0.2, -0.15) is 0 Å². The molecule has 1 aliphatic rings. The van der Waals surface area contributed by atoms with E-state index in [1.54, 1.807) is 11.3 Å². The van der Waals surface area contributed by atoms with Crippen molar-refractivity contribution in [3.8, 4) is 0 Å². The molecule has 0 atom stereocenters. The van der Waals surface area contributed by atoms with E-state index in [2.05, 4.69) is 11.4 Å². The summed E-state index contributed by atoms with van der Waals surface area (Å²) in [5, 5.41) is 2.06. The summed E-state index contributed by atoms with van der Waals surface area (Å²) in [5.74, 6) is 0.921. The molecule has 0 unspecified atom stereocenters. The minimum absolute atomic E-state index is 0.300. The molecule has 2 rings (SSSR count). The number of hydrogen-bond acceptors (Lipinski definition) is 3. The van der Waals surface area contributed by atoms with Gasteiger partial charge in [-0.1, -0.05) is 6.07 Å². The number of carbonyl (C=O) groups excluding carboxylic acids is 1. The van der Waals surface area contributed by atoms with Gasteiger partial charge in [0.05, 0.1) is 0 Å². The van der Waals surface area contributed by atoms with Crippen LogP contribution in [0.4, 0.5) is 0 Å². The molecular formula is C13H20N2OS.